The third-order valence-corrected chi connectivity index (χ3v) is 5.26. The first-order chi connectivity index (χ1) is 13.7. The maximum atomic E-state index is 5.29. The second-order valence-electron chi connectivity index (χ2n) is 7.26. The number of ether oxygens (including phenoxy) is 1. The van der Waals surface area contributed by atoms with Gasteiger partial charge in [0.05, 0.1) is 13.2 Å². The Morgan fingerprint density at radius 3 is 2.62 bits per heavy atom. The Bertz CT molecular complexity index is 790. The van der Waals surface area contributed by atoms with Gasteiger partial charge in [-0.1, -0.05) is 24.3 Å². The first-order valence-electron chi connectivity index (χ1n) is 10.1. The van der Waals surface area contributed by atoms with E-state index in [4.69, 9.17) is 4.74 Å². The van der Waals surface area contributed by atoms with Crippen molar-refractivity contribution in [3.05, 3.63) is 59.7 Å². The highest BCUT2D eigenvalue weighted by molar-refractivity contribution is 14.0. The predicted molar refractivity (Wildman–Crippen MR) is 133 cm³/mol. The van der Waals surface area contributed by atoms with Crippen LogP contribution in [0.5, 0.6) is 5.75 Å². The van der Waals surface area contributed by atoms with Crippen LogP contribution in [0.2, 0.25) is 0 Å². The van der Waals surface area contributed by atoms with Gasteiger partial charge in [0.25, 0.3) is 0 Å². The summed E-state index contributed by atoms with van der Waals surface area (Å²) in [6.07, 6.45) is 3.50. The lowest BCUT2D eigenvalue weighted by Gasteiger charge is -2.22. The van der Waals surface area contributed by atoms with Crippen LogP contribution in [0.15, 0.2) is 53.5 Å². The molecule has 1 aliphatic heterocycles. The van der Waals surface area contributed by atoms with E-state index in [1.165, 1.54) is 42.7 Å². The van der Waals surface area contributed by atoms with Crippen molar-refractivity contribution in [2.24, 2.45) is 4.99 Å². The Morgan fingerprint density at radius 1 is 1.14 bits per heavy atom. The van der Waals surface area contributed by atoms with Gasteiger partial charge in [-0.2, -0.15) is 0 Å². The number of methoxy groups -OCH3 is 1. The van der Waals surface area contributed by atoms with Crippen molar-refractivity contribution in [1.29, 1.82) is 0 Å². The minimum absolute atomic E-state index is 0. The van der Waals surface area contributed by atoms with Crippen molar-refractivity contribution in [2.75, 3.05) is 38.7 Å². The van der Waals surface area contributed by atoms with Gasteiger partial charge >= 0.3 is 0 Å². The van der Waals surface area contributed by atoms with Crippen molar-refractivity contribution in [1.82, 2.24) is 10.6 Å². The van der Waals surface area contributed by atoms with Gasteiger partial charge in [0, 0.05) is 32.4 Å². The van der Waals surface area contributed by atoms with Crippen LogP contribution in [-0.4, -0.2) is 39.8 Å². The molecule has 1 heterocycles. The van der Waals surface area contributed by atoms with E-state index in [0.29, 0.717) is 0 Å². The quantitative estimate of drug-likeness (QED) is 0.331. The number of anilines is 1. The van der Waals surface area contributed by atoms with Crippen LogP contribution in [0.1, 0.15) is 36.9 Å². The van der Waals surface area contributed by atoms with Crippen LogP contribution < -0.4 is 20.3 Å². The van der Waals surface area contributed by atoms with Gasteiger partial charge in [0.15, 0.2) is 5.96 Å². The van der Waals surface area contributed by atoms with Crippen LogP contribution in [0.3, 0.4) is 0 Å². The molecule has 2 aromatic carbocycles. The van der Waals surface area contributed by atoms with Crippen molar-refractivity contribution in [2.45, 2.75) is 32.2 Å². The van der Waals surface area contributed by atoms with Crippen molar-refractivity contribution < 1.29 is 4.74 Å². The number of nitrogens with zero attached hydrogens (tertiary/aromatic N) is 2. The van der Waals surface area contributed by atoms with Gasteiger partial charge in [-0.25, -0.2) is 0 Å². The average Bonchev–Trinajstić information content (AvgIpc) is 3.28. The molecule has 1 atom stereocenters. The lowest BCUT2D eigenvalue weighted by Crippen LogP contribution is -2.39. The Kier molecular flexibility index (Phi) is 9.57. The first kappa shape index (κ1) is 23.3. The summed E-state index contributed by atoms with van der Waals surface area (Å²) in [5, 5.41) is 6.92. The Hall–Kier alpha value is -1.96. The van der Waals surface area contributed by atoms with E-state index in [2.05, 4.69) is 63.8 Å². The minimum Gasteiger partial charge on any atom is -0.497 e. The van der Waals surface area contributed by atoms with Gasteiger partial charge in [-0.15, -0.1) is 24.0 Å². The van der Waals surface area contributed by atoms with Gasteiger partial charge < -0.3 is 20.3 Å². The van der Waals surface area contributed by atoms with Crippen LogP contribution in [0.4, 0.5) is 5.69 Å². The Morgan fingerprint density at radius 2 is 1.90 bits per heavy atom. The molecule has 0 aromatic heterocycles. The molecule has 2 aromatic rings. The number of hydrogen-bond acceptors (Lipinski definition) is 3. The molecule has 0 spiro atoms. The summed E-state index contributed by atoms with van der Waals surface area (Å²) in [4.78, 5) is 6.85. The molecule has 0 saturated carbocycles. The maximum Gasteiger partial charge on any atom is 0.191 e. The molecule has 1 unspecified atom stereocenters. The highest BCUT2D eigenvalue weighted by Crippen LogP contribution is 2.24. The zero-order chi connectivity index (χ0) is 19.8. The number of halogens is 1. The highest BCUT2D eigenvalue weighted by Gasteiger charge is 2.14. The summed E-state index contributed by atoms with van der Waals surface area (Å²) in [6, 6.07) is 17.2. The van der Waals surface area contributed by atoms with E-state index in [9.17, 15) is 0 Å². The highest BCUT2D eigenvalue weighted by atomic mass is 127. The van der Waals surface area contributed by atoms with Gasteiger partial charge in [0.2, 0.25) is 0 Å². The molecule has 1 fully saturated rings. The Labute approximate surface area is 192 Å². The van der Waals surface area contributed by atoms with E-state index in [0.717, 1.165) is 24.7 Å². The smallest absolute Gasteiger partial charge is 0.191 e. The molecule has 0 radical (unpaired) electrons. The monoisotopic (exact) mass is 508 g/mol. The molecule has 0 aliphatic carbocycles. The molecule has 6 heteroatoms. The van der Waals surface area contributed by atoms with E-state index >= 15 is 0 Å². The zero-order valence-electron chi connectivity index (χ0n) is 17.6. The fourth-order valence-corrected chi connectivity index (χ4v) is 3.60. The molecule has 5 nitrogen and oxygen atoms in total. The predicted octanol–water partition coefficient (Wildman–Crippen LogP) is 4.38. The van der Waals surface area contributed by atoms with E-state index in [-0.39, 0.29) is 30.0 Å². The molecular weight excluding hydrogens is 475 g/mol. The summed E-state index contributed by atoms with van der Waals surface area (Å²) in [6.45, 7) is 5.32. The largest absolute Gasteiger partial charge is 0.497 e. The summed E-state index contributed by atoms with van der Waals surface area (Å²) >= 11 is 0. The lowest BCUT2D eigenvalue weighted by atomic mass is 10.1. The SMILES string of the molecule is CN=C(NCCc1cccc(OC)c1)NC(C)c1cccc(N2CCCC2)c1.I. The molecule has 0 amide bonds. The van der Waals surface area contributed by atoms with E-state index < -0.39 is 0 Å². The van der Waals surface area contributed by atoms with Crippen molar-refractivity contribution >= 4 is 35.6 Å². The number of hydrogen-bond donors (Lipinski definition) is 2. The maximum absolute atomic E-state index is 5.29. The van der Waals surface area contributed by atoms with Crippen LogP contribution >= 0.6 is 24.0 Å². The van der Waals surface area contributed by atoms with E-state index in [1.807, 2.05) is 19.2 Å². The van der Waals surface area contributed by atoms with Gasteiger partial charge in [-0.3, -0.25) is 4.99 Å². The van der Waals surface area contributed by atoms with E-state index in [1.54, 1.807) is 7.11 Å². The third-order valence-electron chi connectivity index (χ3n) is 5.26. The minimum atomic E-state index is 0. The zero-order valence-corrected chi connectivity index (χ0v) is 20.0. The van der Waals surface area contributed by atoms with Gasteiger partial charge in [-0.05, 0) is 61.6 Å². The molecule has 29 heavy (non-hydrogen) atoms. The second kappa shape index (κ2) is 11.9. The molecule has 1 aliphatic rings. The second-order valence-corrected chi connectivity index (χ2v) is 7.26. The molecule has 0 bridgehead atoms. The van der Waals surface area contributed by atoms with Crippen LogP contribution in [0.25, 0.3) is 0 Å². The number of aliphatic imine (C=N–C) groups is 1. The van der Waals surface area contributed by atoms with Crippen molar-refractivity contribution in [3.8, 4) is 5.75 Å². The average molecular weight is 508 g/mol. The summed E-state index contributed by atoms with van der Waals surface area (Å²) in [5.41, 5.74) is 3.85. The fraction of sp³-hybridized carbons (Fsp3) is 0.435. The molecule has 1 saturated heterocycles. The fourth-order valence-electron chi connectivity index (χ4n) is 3.60. The first-order valence-corrected chi connectivity index (χ1v) is 10.1. The number of nitrogens with one attached hydrogen (secondary N) is 2. The summed E-state index contributed by atoms with van der Waals surface area (Å²) in [7, 11) is 3.51. The molecule has 158 valence electrons. The number of guanidine groups is 1. The third kappa shape index (κ3) is 6.80. The Balaban J connectivity index is 0.00000300. The van der Waals surface area contributed by atoms with Gasteiger partial charge in [0.1, 0.15) is 5.75 Å². The summed E-state index contributed by atoms with van der Waals surface area (Å²) in [5.74, 6) is 1.72. The topological polar surface area (TPSA) is 48.9 Å². The van der Waals surface area contributed by atoms with Crippen LogP contribution in [-0.2, 0) is 6.42 Å². The standard InChI is InChI=1S/C23H32N4O.HI/c1-18(20-9-7-10-21(17-20)27-14-4-5-15-27)26-23(24-2)25-13-12-19-8-6-11-22(16-19)28-3;/h6-11,16-18H,4-5,12-15H2,1-3H3,(H2,24,25,26);1H. The lowest BCUT2D eigenvalue weighted by molar-refractivity contribution is 0.414. The van der Waals surface area contributed by atoms with Crippen LogP contribution in [0, 0.1) is 0 Å². The number of rotatable bonds is 7. The molecule has 2 N–H and O–H groups in total. The normalized spacial score (nSPS) is 14.9. The number of benzene rings is 2. The molecule has 3 rings (SSSR count). The molecular formula is C23H33IN4O. The van der Waals surface area contributed by atoms with Crippen molar-refractivity contribution in [3.63, 3.8) is 0 Å². The summed E-state index contributed by atoms with van der Waals surface area (Å²) < 4.78 is 5.29.